The van der Waals surface area contributed by atoms with E-state index in [2.05, 4.69) is 13.5 Å². The molecule has 3 heteroatoms. The molecular weight excluding hydrogens is 144 g/mol. The first-order chi connectivity index (χ1) is 4.68. The molecule has 1 unspecified atom stereocenters. The van der Waals surface area contributed by atoms with E-state index < -0.39 is 8.32 Å². The molecule has 10 heavy (non-hydrogen) atoms. The number of hydrogen-bond acceptors (Lipinski definition) is 2. The molecule has 1 atom stereocenters. The lowest BCUT2D eigenvalue weighted by Gasteiger charge is -2.23. The molecule has 0 aliphatic rings. The lowest BCUT2D eigenvalue weighted by molar-refractivity contribution is 0.301. The third-order valence-electron chi connectivity index (χ3n) is 1.91. The van der Waals surface area contributed by atoms with Gasteiger partial charge in [-0.1, -0.05) is 13.3 Å². The molecular formula is C7H18O2Si. The Morgan fingerprint density at radius 1 is 1.40 bits per heavy atom. The molecule has 0 spiro atoms. The van der Waals surface area contributed by atoms with Crippen LogP contribution in [0.25, 0.3) is 0 Å². The molecule has 62 valence electrons. The zero-order valence-corrected chi connectivity index (χ0v) is 8.18. The Morgan fingerprint density at radius 3 is 2.30 bits per heavy atom. The summed E-state index contributed by atoms with van der Waals surface area (Å²) in [6, 6.07) is 2.03. The van der Waals surface area contributed by atoms with Crippen molar-refractivity contribution < 1.29 is 9.53 Å². The van der Waals surface area contributed by atoms with Gasteiger partial charge in [0.25, 0.3) is 0 Å². The number of aliphatic hydroxyl groups excluding tert-OH is 1. The minimum absolute atomic E-state index is 0.274. The molecule has 1 N–H and O–H groups in total. The Kier molecular flexibility index (Phi) is 4.94. The van der Waals surface area contributed by atoms with Crippen molar-refractivity contribution in [2.75, 3.05) is 13.7 Å². The summed E-state index contributed by atoms with van der Waals surface area (Å²) in [5, 5.41) is 8.71. The Balaban J connectivity index is 3.69. The zero-order chi connectivity index (χ0) is 8.04. The molecule has 0 aliphatic carbocycles. The van der Waals surface area contributed by atoms with E-state index in [-0.39, 0.29) is 6.61 Å². The molecule has 0 saturated carbocycles. The van der Waals surface area contributed by atoms with Crippen LogP contribution in [-0.2, 0) is 4.43 Å². The predicted molar refractivity (Wildman–Crippen MR) is 45.6 cm³/mol. The summed E-state index contributed by atoms with van der Waals surface area (Å²) in [5.41, 5.74) is 0. The van der Waals surface area contributed by atoms with Crippen LogP contribution in [0.5, 0.6) is 0 Å². The average Bonchev–Trinajstić information content (AvgIpc) is 1.89. The van der Waals surface area contributed by atoms with Crippen molar-refractivity contribution in [3.05, 3.63) is 0 Å². The maximum absolute atomic E-state index is 8.71. The van der Waals surface area contributed by atoms with Gasteiger partial charge >= 0.3 is 0 Å². The monoisotopic (exact) mass is 162 g/mol. The van der Waals surface area contributed by atoms with E-state index in [1.807, 2.05) is 0 Å². The summed E-state index contributed by atoms with van der Waals surface area (Å²) in [5.74, 6) is 0. The van der Waals surface area contributed by atoms with Gasteiger partial charge in [0, 0.05) is 13.7 Å². The molecule has 0 saturated heterocycles. The van der Waals surface area contributed by atoms with Crippen LogP contribution in [-0.4, -0.2) is 27.1 Å². The quantitative estimate of drug-likeness (QED) is 0.622. The summed E-state index contributed by atoms with van der Waals surface area (Å²) in [6.07, 6.45) is 1.16. The molecule has 0 amide bonds. The second kappa shape index (κ2) is 4.88. The van der Waals surface area contributed by atoms with Crippen molar-refractivity contribution in [1.29, 1.82) is 0 Å². The fourth-order valence-corrected chi connectivity index (χ4v) is 3.28. The molecule has 0 bridgehead atoms. The van der Waals surface area contributed by atoms with Crippen molar-refractivity contribution in [2.45, 2.75) is 32.0 Å². The molecule has 0 rings (SSSR count). The van der Waals surface area contributed by atoms with Crippen LogP contribution in [0.1, 0.15) is 13.3 Å². The van der Waals surface area contributed by atoms with Crippen LogP contribution < -0.4 is 0 Å². The summed E-state index contributed by atoms with van der Waals surface area (Å²) in [7, 11) is 0.288. The van der Waals surface area contributed by atoms with Gasteiger partial charge in [-0.3, -0.25) is 0 Å². The minimum atomic E-state index is -1.47. The normalized spacial score (nSPS) is 16.8. The number of hydrogen-bond donors (Lipinski definition) is 1. The third-order valence-corrected chi connectivity index (χ3v) is 5.74. The Bertz CT molecular complexity index is 79.7. The van der Waals surface area contributed by atoms with Gasteiger partial charge in [-0.15, -0.1) is 0 Å². The summed E-state index contributed by atoms with van der Waals surface area (Å²) in [6.45, 7) is 4.60. The highest BCUT2D eigenvalue weighted by molar-refractivity contribution is 6.72. The van der Waals surface area contributed by atoms with E-state index in [4.69, 9.17) is 9.53 Å². The maximum Gasteiger partial charge on any atom is 0.191 e. The molecule has 0 fully saturated rings. The Hall–Kier alpha value is 0.137. The Morgan fingerprint density at radius 2 is 2.00 bits per heavy atom. The highest BCUT2D eigenvalue weighted by atomic mass is 28.4. The third kappa shape index (κ3) is 3.34. The van der Waals surface area contributed by atoms with Crippen LogP contribution in [0.2, 0.25) is 18.6 Å². The smallest absolute Gasteiger partial charge is 0.191 e. The molecule has 0 aromatic heterocycles. The SMILES string of the molecule is CCC[Si](C)(CCO)OC. The fourth-order valence-electron chi connectivity index (χ4n) is 1.09. The molecule has 0 aromatic carbocycles. The lowest BCUT2D eigenvalue weighted by atomic mass is 10.6. The van der Waals surface area contributed by atoms with Crippen LogP contribution in [0.4, 0.5) is 0 Å². The van der Waals surface area contributed by atoms with Gasteiger partial charge in [-0.25, -0.2) is 0 Å². The van der Waals surface area contributed by atoms with Crippen molar-refractivity contribution in [3.8, 4) is 0 Å². The van der Waals surface area contributed by atoms with Crippen molar-refractivity contribution >= 4 is 8.32 Å². The molecule has 0 radical (unpaired) electrons. The van der Waals surface area contributed by atoms with E-state index in [1.54, 1.807) is 7.11 Å². The predicted octanol–water partition coefficient (Wildman–Crippen LogP) is 1.61. The van der Waals surface area contributed by atoms with E-state index in [0.29, 0.717) is 0 Å². The highest BCUT2D eigenvalue weighted by Gasteiger charge is 2.25. The van der Waals surface area contributed by atoms with Crippen molar-refractivity contribution in [1.82, 2.24) is 0 Å². The molecule has 2 nitrogen and oxygen atoms in total. The first kappa shape index (κ1) is 10.1. The number of rotatable bonds is 5. The van der Waals surface area contributed by atoms with E-state index in [1.165, 1.54) is 0 Å². The first-order valence-electron chi connectivity index (χ1n) is 3.84. The highest BCUT2D eigenvalue weighted by Crippen LogP contribution is 2.17. The molecule has 0 aliphatic heterocycles. The largest absolute Gasteiger partial charge is 0.420 e. The fraction of sp³-hybridized carbons (Fsp3) is 1.00. The first-order valence-corrected chi connectivity index (χ1v) is 6.67. The van der Waals surface area contributed by atoms with E-state index in [0.717, 1.165) is 18.5 Å². The second-order valence-electron chi connectivity index (χ2n) is 2.88. The van der Waals surface area contributed by atoms with Gasteiger partial charge in [0.15, 0.2) is 8.32 Å². The minimum Gasteiger partial charge on any atom is -0.420 e. The van der Waals surface area contributed by atoms with Gasteiger partial charge in [-0.2, -0.15) is 0 Å². The average molecular weight is 162 g/mol. The zero-order valence-electron chi connectivity index (χ0n) is 7.18. The van der Waals surface area contributed by atoms with Gasteiger partial charge in [0.2, 0.25) is 0 Å². The number of aliphatic hydroxyl groups is 1. The topological polar surface area (TPSA) is 29.5 Å². The van der Waals surface area contributed by atoms with Gasteiger partial charge < -0.3 is 9.53 Å². The Labute approximate surface area is 64.3 Å². The van der Waals surface area contributed by atoms with Gasteiger partial charge in [0.05, 0.1) is 0 Å². The van der Waals surface area contributed by atoms with E-state index in [9.17, 15) is 0 Å². The summed E-state index contributed by atoms with van der Waals surface area (Å²) in [4.78, 5) is 0. The van der Waals surface area contributed by atoms with Crippen molar-refractivity contribution in [2.24, 2.45) is 0 Å². The summed E-state index contributed by atoms with van der Waals surface area (Å²) < 4.78 is 5.40. The second-order valence-corrected chi connectivity index (χ2v) is 7.19. The van der Waals surface area contributed by atoms with Crippen LogP contribution in [0, 0.1) is 0 Å². The van der Waals surface area contributed by atoms with Crippen LogP contribution >= 0.6 is 0 Å². The standard InChI is InChI=1S/C7H18O2Si/c1-4-6-10(3,9-2)7-5-8/h8H,4-7H2,1-3H3. The molecule has 0 aromatic rings. The van der Waals surface area contributed by atoms with Crippen LogP contribution in [0.15, 0.2) is 0 Å². The van der Waals surface area contributed by atoms with E-state index >= 15 is 0 Å². The summed E-state index contributed by atoms with van der Waals surface area (Å²) >= 11 is 0. The lowest BCUT2D eigenvalue weighted by Crippen LogP contribution is -2.33. The molecule has 0 heterocycles. The van der Waals surface area contributed by atoms with Gasteiger partial charge in [0.1, 0.15) is 0 Å². The van der Waals surface area contributed by atoms with Crippen molar-refractivity contribution in [3.63, 3.8) is 0 Å². The maximum atomic E-state index is 8.71. The van der Waals surface area contributed by atoms with Crippen LogP contribution in [0.3, 0.4) is 0 Å². The van der Waals surface area contributed by atoms with Gasteiger partial charge in [-0.05, 0) is 18.6 Å².